The Morgan fingerprint density at radius 3 is 2.30 bits per heavy atom. The van der Waals surface area contributed by atoms with Crippen molar-refractivity contribution in [2.75, 3.05) is 33.4 Å². The van der Waals surface area contributed by atoms with E-state index in [0.29, 0.717) is 37.5 Å². The number of hydrogen-bond acceptors (Lipinski definition) is 7. The average molecular weight is 605 g/mol. The van der Waals surface area contributed by atoms with Crippen molar-refractivity contribution in [3.8, 4) is 5.75 Å². The fourth-order valence-corrected chi connectivity index (χ4v) is 5.74. The number of aliphatic hydroxyl groups is 1. The van der Waals surface area contributed by atoms with Gasteiger partial charge >= 0.3 is 0 Å². The summed E-state index contributed by atoms with van der Waals surface area (Å²) in [7, 11) is 1.67. The number of carbonyl (C=O) groups is 3. The lowest BCUT2D eigenvalue weighted by Crippen LogP contribution is -2.50. The van der Waals surface area contributed by atoms with E-state index in [1.54, 1.807) is 19.2 Å². The summed E-state index contributed by atoms with van der Waals surface area (Å²) < 4.78 is 10.9. The van der Waals surface area contributed by atoms with Crippen molar-refractivity contribution in [3.05, 3.63) is 29.8 Å². The number of benzene rings is 1. The Balaban J connectivity index is 1.84. The van der Waals surface area contributed by atoms with Crippen LogP contribution in [0.3, 0.4) is 0 Å². The fourth-order valence-electron chi connectivity index (χ4n) is 5.74. The molecule has 1 aliphatic carbocycles. The molecule has 0 aromatic heterocycles. The molecule has 1 aromatic rings. The average Bonchev–Trinajstić information content (AvgIpc) is 2.97. The summed E-state index contributed by atoms with van der Waals surface area (Å²) in [4.78, 5) is 37.6. The van der Waals surface area contributed by atoms with E-state index < -0.39 is 17.6 Å². The van der Waals surface area contributed by atoms with E-state index in [2.05, 4.69) is 29.8 Å². The molecule has 1 saturated carbocycles. The zero-order valence-electron chi connectivity index (χ0n) is 27.1. The molecule has 0 heterocycles. The van der Waals surface area contributed by atoms with Gasteiger partial charge < -0.3 is 36.3 Å². The number of hydrogen-bond donors (Lipinski definition) is 5. The predicted molar refractivity (Wildman–Crippen MR) is 169 cm³/mol. The van der Waals surface area contributed by atoms with Gasteiger partial charge in [-0.3, -0.25) is 14.4 Å². The molecule has 0 saturated heterocycles. The van der Waals surface area contributed by atoms with Crippen molar-refractivity contribution in [2.24, 2.45) is 28.9 Å². The minimum Gasteiger partial charge on any atom is -0.493 e. The van der Waals surface area contributed by atoms with E-state index in [1.165, 1.54) is 6.92 Å². The van der Waals surface area contributed by atoms with Gasteiger partial charge in [-0.05, 0) is 74.8 Å². The number of amides is 3. The summed E-state index contributed by atoms with van der Waals surface area (Å²) in [6.07, 6.45) is 4.72. The number of para-hydroxylation sites is 1. The summed E-state index contributed by atoms with van der Waals surface area (Å²) >= 11 is 0. The van der Waals surface area contributed by atoms with E-state index in [-0.39, 0.29) is 48.1 Å². The van der Waals surface area contributed by atoms with Crippen LogP contribution < -0.4 is 26.4 Å². The summed E-state index contributed by atoms with van der Waals surface area (Å²) in [5.41, 5.74) is 6.29. The van der Waals surface area contributed by atoms with Crippen molar-refractivity contribution in [1.29, 1.82) is 0 Å². The molecular weight excluding hydrogens is 548 g/mol. The normalized spacial score (nSPS) is 19.3. The summed E-state index contributed by atoms with van der Waals surface area (Å²) in [6, 6.07) is 6.80. The van der Waals surface area contributed by atoms with Crippen molar-refractivity contribution >= 4 is 17.7 Å². The van der Waals surface area contributed by atoms with Crippen LogP contribution in [0.4, 0.5) is 0 Å². The molecule has 0 unspecified atom stereocenters. The highest BCUT2D eigenvalue weighted by Crippen LogP contribution is 2.38. The van der Waals surface area contributed by atoms with Gasteiger partial charge in [-0.15, -0.1) is 0 Å². The minimum atomic E-state index is -0.917. The van der Waals surface area contributed by atoms with Gasteiger partial charge in [-0.2, -0.15) is 0 Å². The Labute approximate surface area is 258 Å². The SMILES string of the molecule is COCCCCOc1ccccc1C(=O)NC[C@@H](C[C@H](N)[C@@H](O)CNC(=O)C(C)(C)[C@H]1CC[C@H](NC(C)=O)CC1)C(C)C. The number of aliphatic hydroxyl groups excluding tert-OH is 1. The Hall–Kier alpha value is -2.69. The van der Waals surface area contributed by atoms with Crippen LogP contribution in [0.15, 0.2) is 24.3 Å². The van der Waals surface area contributed by atoms with Crippen LogP contribution >= 0.6 is 0 Å². The highest BCUT2D eigenvalue weighted by molar-refractivity contribution is 5.96. The number of carbonyl (C=O) groups excluding carboxylic acids is 3. The van der Waals surface area contributed by atoms with Crippen molar-refractivity contribution in [1.82, 2.24) is 16.0 Å². The van der Waals surface area contributed by atoms with Crippen LogP contribution in [0.25, 0.3) is 0 Å². The molecule has 1 aliphatic rings. The van der Waals surface area contributed by atoms with Gasteiger partial charge in [0.05, 0.1) is 18.3 Å². The maximum absolute atomic E-state index is 13.1. The topological polar surface area (TPSA) is 152 Å². The number of methoxy groups -OCH3 is 1. The molecule has 0 aliphatic heterocycles. The third kappa shape index (κ3) is 12.1. The molecule has 0 radical (unpaired) electrons. The van der Waals surface area contributed by atoms with Gasteiger partial charge in [0.15, 0.2) is 0 Å². The first-order valence-corrected chi connectivity index (χ1v) is 15.8. The summed E-state index contributed by atoms with van der Waals surface area (Å²) in [5.74, 6) is 0.650. The molecule has 10 heteroatoms. The first kappa shape index (κ1) is 36.5. The second kappa shape index (κ2) is 18.2. The molecule has 43 heavy (non-hydrogen) atoms. The van der Waals surface area contributed by atoms with Crippen LogP contribution in [-0.4, -0.2) is 74.4 Å². The van der Waals surface area contributed by atoms with E-state index in [1.807, 2.05) is 26.0 Å². The van der Waals surface area contributed by atoms with Crippen LogP contribution in [0.2, 0.25) is 0 Å². The predicted octanol–water partition coefficient (Wildman–Crippen LogP) is 3.41. The van der Waals surface area contributed by atoms with Crippen molar-refractivity contribution in [3.63, 3.8) is 0 Å². The number of unbranched alkanes of at least 4 members (excludes halogenated alkanes) is 1. The monoisotopic (exact) mass is 604 g/mol. The Kier molecular flexibility index (Phi) is 15.4. The Bertz CT molecular complexity index is 1010. The van der Waals surface area contributed by atoms with Crippen LogP contribution in [0, 0.1) is 23.2 Å². The van der Waals surface area contributed by atoms with Gasteiger partial charge in [-0.1, -0.05) is 39.8 Å². The van der Waals surface area contributed by atoms with E-state index >= 15 is 0 Å². The van der Waals surface area contributed by atoms with Crippen molar-refractivity contribution < 1.29 is 29.0 Å². The summed E-state index contributed by atoms with van der Waals surface area (Å²) in [6.45, 7) is 11.2. The number of nitrogens with two attached hydrogens (primary N) is 1. The minimum absolute atomic E-state index is 0.0205. The Morgan fingerprint density at radius 1 is 1.02 bits per heavy atom. The zero-order valence-corrected chi connectivity index (χ0v) is 27.1. The molecule has 10 nitrogen and oxygen atoms in total. The van der Waals surface area contributed by atoms with Gasteiger partial charge in [0.1, 0.15) is 5.75 Å². The molecule has 3 atom stereocenters. The lowest BCUT2D eigenvalue weighted by molar-refractivity contribution is -0.133. The number of ether oxygens (including phenoxy) is 2. The Morgan fingerprint density at radius 2 is 1.67 bits per heavy atom. The van der Waals surface area contributed by atoms with Gasteiger partial charge in [-0.25, -0.2) is 0 Å². The second-order valence-corrected chi connectivity index (χ2v) is 12.9. The zero-order chi connectivity index (χ0) is 32.0. The van der Waals surface area contributed by atoms with Crippen LogP contribution in [-0.2, 0) is 14.3 Å². The third-order valence-electron chi connectivity index (χ3n) is 8.88. The molecule has 6 N–H and O–H groups in total. The van der Waals surface area contributed by atoms with E-state index in [9.17, 15) is 19.5 Å². The van der Waals surface area contributed by atoms with Crippen molar-refractivity contribution in [2.45, 2.75) is 97.8 Å². The highest BCUT2D eigenvalue weighted by atomic mass is 16.5. The number of rotatable bonds is 18. The van der Waals surface area contributed by atoms with Crippen LogP contribution in [0.1, 0.15) is 89.9 Å². The van der Waals surface area contributed by atoms with E-state index in [4.69, 9.17) is 15.2 Å². The maximum atomic E-state index is 13.1. The first-order chi connectivity index (χ1) is 20.4. The molecule has 0 spiro atoms. The molecule has 2 rings (SSSR count). The van der Waals surface area contributed by atoms with Gasteiger partial charge in [0.2, 0.25) is 11.8 Å². The van der Waals surface area contributed by atoms with Crippen LogP contribution in [0.5, 0.6) is 5.75 Å². The molecule has 244 valence electrons. The lowest BCUT2D eigenvalue weighted by Gasteiger charge is -2.38. The highest BCUT2D eigenvalue weighted by Gasteiger charge is 2.39. The van der Waals surface area contributed by atoms with E-state index in [0.717, 1.165) is 38.5 Å². The molecular formula is C33H56N4O6. The largest absolute Gasteiger partial charge is 0.493 e. The lowest BCUT2D eigenvalue weighted by atomic mass is 9.69. The smallest absolute Gasteiger partial charge is 0.255 e. The molecule has 3 amide bonds. The second-order valence-electron chi connectivity index (χ2n) is 12.9. The fraction of sp³-hybridized carbons (Fsp3) is 0.727. The summed E-state index contributed by atoms with van der Waals surface area (Å²) in [5, 5.41) is 19.8. The quantitative estimate of drug-likeness (QED) is 0.161. The van der Waals surface area contributed by atoms with Gasteiger partial charge in [0.25, 0.3) is 5.91 Å². The molecule has 1 fully saturated rings. The number of nitrogens with one attached hydrogen (secondary N) is 3. The molecule has 1 aromatic carbocycles. The van der Waals surface area contributed by atoms with Gasteiger partial charge in [0, 0.05) is 51.2 Å². The molecule has 0 bridgehead atoms. The maximum Gasteiger partial charge on any atom is 0.255 e. The standard InChI is InChI=1S/C33H56N4O6/c1-22(2)24(20-35-31(40)27-11-7-8-12-30(27)43-18-10-9-17-42-6)19-28(34)29(39)21-36-32(41)33(4,5)25-13-15-26(16-14-25)37-23(3)38/h7-8,11-12,22,24-26,28-29,39H,9-10,13-21,34H2,1-6H3,(H,35,40)(H,36,41)(H,37,38)/t24-,25-,26-,28+,29+/m1/s1. The third-order valence-corrected chi connectivity index (χ3v) is 8.88. The first-order valence-electron chi connectivity index (χ1n) is 15.8.